The summed E-state index contributed by atoms with van der Waals surface area (Å²) in [5, 5.41) is 0. The zero-order chi connectivity index (χ0) is 16.7. The van der Waals surface area contributed by atoms with E-state index in [-0.39, 0.29) is 5.56 Å². The summed E-state index contributed by atoms with van der Waals surface area (Å²) in [6.45, 7) is -0.507. The van der Waals surface area contributed by atoms with Gasteiger partial charge in [-0.2, -0.15) is 0 Å². The number of hydrogen-bond donors (Lipinski definition) is 0. The molecule has 2 aromatic carbocycles. The van der Waals surface area contributed by atoms with Crippen LogP contribution in [-0.2, 0) is 9.53 Å². The van der Waals surface area contributed by atoms with Crippen LogP contribution in [-0.4, -0.2) is 25.5 Å². The number of carbonyl (C=O) groups excluding carboxylic acids is 2. The van der Waals surface area contributed by atoms with Crippen LogP contribution in [0.15, 0.2) is 54.6 Å². The van der Waals surface area contributed by atoms with E-state index in [4.69, 9.17) is 9.47 Å². The van der Waals surface area contributed by atoms with Gasteiger partial charge in [-0.15, -0.1) is 0 Å². The Bertz CT molecular complexity index is 720. The fourth-order valence-corrected chi connectivity index (χ4v) is 1.83. The second-order valence-electron chi connectivity index (χ2n) is 4.62. The van der Waals surface area contributed by atoms with E-state index < -0.39 is 24.2 Å². The molecular weight excluding hydrogens is 299 g/mol. The third-order valence-electron chi connectivity index (χ3n) is 3.05. The van der Waals surface area contributed by atoms with Gasteiger partial charge >= 0.3 is 5.97 Å². The van der Waals surface area contributed by atoms with E-state index >= 15 is 0 Å². The molecule has 0 aromatic heterocycles. The molecule has 118 valence electrons. The molecule has 0 aliphatic rings. The number of rotatable bonds is 6. The third-order valence-corrected chi connectivity index (χ3v) is 3.05. The Morgan fingerprint density at radius 2 is 1.78 bits per heavy atom. The van der Waals surface area contributed by atoms with Gasteiger partial charge in [0.1, 0.15) is 11.6 Å². The lowest BCUT2D eigenvalue weighted by Crippen LogP contribution is -2.13. The van der Waals surface area contributed by atoms with Crippen LogP contribution < -0.4 is 4.74 Å². The predicted octanol–water partition coefficient (Wildman–Crippen LogP) is 3.27. The van der Waals surface area contributed by atoms with Crippen LogP contribution in [0.3, 0.4) is 0 Å². The Labute approximate surface area is 133 Å². The SMILES string of the molecule is COc1ccc(/C=C/C(=O)OCC(=O)c2ccccc2F)cc1. The van der Waals surface area contributed by atoms with Crippen molar-refractivity contribution in [2.45, 2.75) is 0 Å². The second kappa shape index (κ2) is 7.89. The van der Waals surface area contributed by atoms with Crippen molar-refractivity contribution in [1.29, 1.82) is 0 Å². The van der Waals surface area contributed by atoms with E-state index in [0.717, 1.165) is 5.56 Å². The third kappa shape index (κ3) is 4.78. The fourth-order valence-electron chi connectivity index (χ4n) is 1.83. The number of carbonyl (C=O) groups is 2. The van der Waals surface area contributed by atoms with Crippen LogP contribution in [0.4, 0.5) is 4.39 Å². The van der Waals surface area contributed by atoms with Crippen molar-refractivity contribution in [3.63, 3.8) is 0 Å². The van der Waals surface area contributed by atoms with Crippen molar-refractivity contribution in [2.24, 2.45) is 0 Å². The number of methoxy groups -OCH3 is 1. The lowest BCUT2D eigenvalue weighted by molar-refractivity contribution is -0.136. The first-order chi connectivity index (χ1) is 11.1. The molecule has 0 saturated carbocycles. The van der Waals surface area contributed by atoms with E-state index in [2.05, 4.69) is 0 Å². The van der Waals surface area contributed by atoms with Crippen molar-refractivity contribution >= 4 is 17.8 Å². The lowest BCUT2D eigenvalue weighted by Gasteiger charge is -2.03. The van der Waals surface area contributed by atoms with Gasteiger partial charge in [0.15, 0.2) is 6.61 Å². The van der Waals surface area contributed by atoms with E-state index in [9.17, 15) is 14.0 Å². The van der Waals surface area contributed by atoms with E-state index in [1.54, 1.807) is 43.5 Å². The Kier molecular flexibility index (Phi) is 5.63. The largest absolute Gasteiger partial charge is 0.497 e. The summed E-state index contributed by atoms with van der Waals surface area (Å²) in [6, 6.07) is 12.6. The molecular formula is C18H15FO4. The molecule has 0 saturated heterocycles. The van der Waals surface area contributed by atoms with Crippen molar-refractivity contribution in [3.8, 4) is 5.75 Å². The smallest absolute Gasteiger partial charge is 0.331 e. The molecule has 0 N–H and O–H groups in total. The minimum absolute atomic E-state index is 0.0977. The van der Waals surface area contributed by atoms with Crippen LogP contribution in [0, 0.1) is 5.82 Å². The number of Topliss-reactive ketones (excluding diaryl/α,β-unsaturated/α-hetero) is 1. The summed E-state index contributed by atoms with van der Waals surface area (Å²) >= 11 is 0. The fraction of sp³-hybridized carbons (Fsp3) is 0.111. The standard InChI is InChI=1S/C18H15FO4/c1-22-14-9-6-13(7-10-14)8-11-18(21)23-12-17(20)15-4-2-3-5-16(15)19/h2-11H,12H2,1H3/b11-8+. The molecule has 4 nitrogen and oxygen atoms in total. The van der Waals surface area contributed by atoms with Gasteiger partial charge in [0.25, 0.3) is 0 Å². The number of ether oxygens (including phenoxy) is 2. The highest BCUT2D eigenvalue weighted by Crippen LogP contribution is 2.12. The molecule has 0 aliphatic carbocycles. The number of ketones is 1. The number of esters is 1. The predicted molar refractivity (Wildman–Crippen MR) is 83.7 cm³/mol. The molecule has 0 spiro atoms. The molecule has 0 atom stereocenters. The maximum Gasteiger partial charge on any atom is 0.331 e. The van der Waals surface area contributed by atoms with Crippen molar-refractivity contribution in [2.75, 3.05) is 13.7 Å². The zero-order valence-corrected chi connectivity index (χ0v) is 12.5. The second-order valence-corrected chi connectivity index (χ2v) is 4.62. The van der Waals surface area contributed by atoms with Gasteiger partial charge in [0.05, 0.1) is 12.7 Å². The van der Waals surface area contributed by atoms with Gasteiger partial charge in [0.2, 0.25) is 5.78 Å². The molecule has 0 fully saturated rings. The maximum atomic E-state index is 13.4. The molecule has 2 rings (SSSR count). The molecule has 0 radical (unpaired) electrons. The highest BCUT2D eigenvalue weighted by Gasteiger charge is 2.12. The topological polar surface area (TPSA) is 52.6 Å². The van der Waals surface area contributed by atoms with Gasteiger partial charge in [-0.25, -0.2) is 9.18 Å². The van der Waals surface area contributed by atoms with Crippen LogP contribution in [0.5, 0.6) is 5.75 Å². The molecule has 0 aliphatic heterocycles. The highest BCUT2D eigenvalue weighted by molar-refractivity contribution is 5.99. The first kappa shape index (κ1) is 16.4. The molecule has 2 aromatic rings. The normalized spacial score (nSPS) is 10.5. The summed E-state index contributed by atoms with van der Waals surface area (Å²) in [4.78, 5) is 23.3. The van der Waals surface area contributed by atoms with E-state index in [1.165, 1.54) is 24.3 Å². The minimum atomic E-state index is -0.675. The van der Waals surface area contributed by atoms with E-state index in [1.807, 2.05) is 0 Å². The summed E-state index contributed by atoms with van der Waals surface area (Å²) in [6.07, 6.45) is 2.76. The average molecular weight is 314 g/mol. The zero-order valence-electron chi connectivity index (χ0n) is 12.5. The minimum Gasteiger partial charge on any atom is -0.497 e. The quantitative estimate of drug-likeness (QED) is 0.466. The molecule has 0 amide bonds. The summed E-state index contributed by atoms with van der Waals surface area (Å²) in [7, 11) is 1.56. The monoisotopic (exact) mass is 314 g/mol. The Morgan fingerprint density at radius 3 is 2.43 bits per heavy atom. The summed E-state index contributed by atoms with van der Waals surface area (Å²) < 4.78 is 23.3. The van der Waals surface area contributed by atoms with Crippen molar-refractivity contribution in [1.82, 2.24) is 0 Å². The van der Waals surface area contributed by atoms with Gasteiger partial charge < -0.3 is 9.47 Å². The molecule has 23 heavy (non-hydrogen) atoms. The van der Waals surface area contributed by atoms with Crippen LogP contribution in [0.2, 0.25) is 0 Å². The van der Waals surface area contributed by atoms with Crippen molar-refractivity contribution < 1.29 is 23.5 Å². The van der Waals surface area contributed by atoms with Crippen molar-refractivity contribution in [3.05, 3.63) is 71.6 Å². The summed E-state index contributed by atoms with van der Waals surface area (Å²) in [5.74, 6) is -1.19. The Hall–Kier alpha value is -2.95. The summed E-state index contributed by atoms with van der Waals surface area (Å²) in [5.41, 5.74) is 0.683. The van der Waals surface area contributed by atoms with Crippen LogP contribution >= 0.6 is 0 Å². The molecule has 0 heterocycles. The Balaban J connectivity index is 1.88. The Morgan fingerprint density at radius 1 is 1.09 bits per heavy atom. The first-order valence-electron chi connectivity index (χ1n) is 6.87. The molecule has 0 unspecified atom stereocenters. The lowest BCUT2D eigenvalue weighted by atomic mass is 10.1. The maximum absolute atomic E-state index is 13.4. The van der Waals surface area contributed by atoms with Crippen LogP contribution in [0.1, 0.15) is 15.9 Å². The number of halogens is 1. The first-order valence-corrected chi connectivity index (χ1v) is 6.87. The van der Waals surface area contributed by atoms with Gasteiger partial charge in [-0.1, -0.05) is 24.3 Å². The van der Waals surface area contributed by atoms with Gasteiger partial charge in [-0.3, -0.25) is 4.79 Å². The van der Waals surface area contributed by atoms with Gasteiger partial charge in [-0.05, 0) is 35.9 Å². The molecule has 0 bridgehead atoms. The number of benzene rings is 2. The van der Waals surface area contributed by atoms with E-state index in [0.29, 0.717) is 5.75 Å². The highest BCUT2D eigenvalue weighted by atomic mass is 19.1. The average Bonchev–Trinajstić information content (AvgIpc) is 2.58. The van der Waals surface area contributed by atoms with Gasteiger partial charge in [0, 0.05) is 6.08 Å². The van der Waals surface area contributed by atoms with Crippen LogP contribution in [0.25, 0.3) is 6.08 Å². The number of hydrogen-bond acceptors (Lipinski definition) is 4. The molecule has 5 heteroatoms.